The van der Waals surface area contributed by atoms with Crippen LogP contribution in [0.3, 0.4) is 0 Å². The maximum absolute atomic E-state index is 12.4. The maximum Gasteiger partial charge on any atom is 0.416 e. The van der Waals surface area contributed by atoms with E-state index in [0.717, 1.165) is 29.7 Å². The van der Waals surface area contributed by atoms with Gasteiger partial charge in [0.2, 0.25) is 0 Å². The van der Waals surface area contributed by atoms with Gasteiger partial charge in [0.15, 0.2) is 0 Å². The van der Waals surface area contributed by atoms with Gasteiger partial charge in [0.1, 0.15) is 5.75 Å². The predicted molar refractivity (Wildman–Crippen MR) is 82.7 cm³/mol. The van der Waals surface area contributed by atoms with Crippen LogP contribution in [0.5, 0.6) is 5.75 Å². The highest BCUT2D eigenvalue weighted by Crippen LogP contribution is 2.29. The third kappa shape index (κ3) is 4.74. The molecule has 0 spiro atoms. The molecule has 6 heteroatoms. The van der Waals surface area contributed by atoms with E-state index in [1.165, 1.54) is 12.1 Å². The van der Waals surface area contributed by atoms with E-state index in [9.17, 15) is 18.3 Å². The molecule has 0 aromatic heterocycles. The van der Waals surface area contributed by atoms with Crippen molar-refractivity contribution in [1.29, 1.82) is 0 Å². The highest BCUT2D eigenvalue weighted by atomic mass is 79.9. The zero-order chi connectivity index (χ0) is 16.2. The predicted octanol–water partition coefficient (Wildman–Crippen LogP) is 4.51. The molecule has 0 aliphatic carbocycles. The van der Waals surface area contributed by atoms with Crippen LogP contribution in [0.1, 0.15) is 16.7 Å². The molecule has 0 unspecified atom stereocenters. The first-order valence-electron chi connectivity index (χ1n) is 6.70. The summed E-state index contributed by atoms with van der Waals surface area (Å²) in [4.78, 5) is 0. The van der Waals surface area contributed by atoms with Crippen molar-refractivity contribution in [2.45, 2.75) is 19.1 Å². The molecular formula is C16H15BrF3NO. The molecule has 0 atom stereocenters. The van der Waals surface area contributed by atoms with E-state index < -0.39 is 11.7 Å². The smallest absolute Gasteiger partial charge is 0.416 e. The number of benzene rings is 2. The van der Waals surface area contributed by atoms with E-state index in [2.05, 4.69) is 21.2 Å². The first kappa shape index (κ1) is 16.8. The third-order valence-electron chi connectivity index (χ3n) is 3.21. The Morgan fingerprint density at radius 2 is 1.64 bits per heavy atom. The Hall–Kier alpha value is -1.53. The quantitative estimate of drug-likeness (QED) is 0.756. The molecule has 0 saturated carbocycles. The van der Waals surface area contributed by atoms with Gasteiger partial charge in [0.05, 0.1) is 10.0 Å². The molecule has 0 bridgehead atoms. The first-order valence-corrected chi connectivity index (χ1v) is 7.50. The minimum absolute atomic E-state index is 0.196. The molecule has 2 aromatic rings. The van der Waals surface area contributed by atoms with Crippen LogP contribution < -0.4 is 5.32 Å². The molecular weight excluding hydrogens is 359 g/mol. The summed E-state index contributed by atoms with van der Waals surface area (Å²) in [6.07, 6.45) is -3.53. The number of nitrogens with one attached hydrogen (secondary N) is 1. The molecule has 0 heterocycles. The Balaban J connectivity index is 1.80. The number of hydrogen-bond donors (Lipinski definition) is 2. The van der Waals surface area contributed by atoms with Crippen LogP contribution in [-0.4, -0.2) is 11.7 Å². The Labute approximate surface area is 135 Å². The summed E-state index contributed by atoms with van der Waals surface area (Å²) in [5.41, 5.74) is 1.23. The number of rotatable bonds is 5. The average Bonchev–Trinajstić information content (AvgIpc) is 2.47. The maximum atomic E-state index is 12.4. The van der Waals surface area contributed by atoms with Crippen molar-refractivity contribution in [3.8, 4) is 5.75 Å². The van der Waals surface area contributed by atoms with E-state index in [1.807, 2.05) is 12.1 Å². The highest BCUT2D eigenvalue weighted by Gasteiger charge is 2.29. The minimum Gasteiger partial charge on any atom is -0.507 e. The molecule has 118 valence electrons. The molecule has 0 aliphatic rings. The second kappa shape index (κ2) is 7.15. The Kier molecular flexibility index (Phi) is 5.47. The van der Waals surface area contributed by atoms with E-state index in [-0.39, 0.29) is 5.75 Å². The molecule has 22 heavy (non-hydrogen) atoms. The number of aromatic hydroxyl groups is 1. The van der Waals surface area contributed by atoms with Gasteiger partial charge in [-0.25, -0.2) is 0 Å². The monoisotopic (exact) mass is 373 g/mol. The first-order chi connectivity index (χ1) is 10.4. The van der Waals surface area contributed by atoms with Gasteiger partial charge in [-0.05, 0) is 64.3 Å². The average molecular weight is 374 g/mol. The van der Waals surface area contributed by atoms with Crippen molar-refractivity contribution in [3.05, 3.63) is 63.6 Å². The second-order valence-corrected chi connectivity index (χ2v) is 5.76. The molecule has 0 amide bonds. The van der Waals surface area contributed by atoms with Crippen molar-refractivity contribution in [3.63, 3.8) is 0 Å². The summed E-state index contributed by atoms with van der Waals surface area (Å²) in [5.74, 6) is 0.196. The van der Waals surface area contributed by atoms with Crippen LogP contribution in [0.4, 0.5) is 13.2 Å². The fraction of sp³-hybridized carbons (Fsp3) is 0.250. The molecule has 0 radical (unpaired) electrons. The lowest BCUT2D eigenvalue weighted by atomic mass is 10.1. The van der Waals surface area contributed by atoms with Crippen molar-refractivity contribution in [2.24, 2.45) is 0 Å². The van der Waals surface area contributed by atoms with Gasteiger partial charge < -0.3 is 10.4 Å². The number of phenolic OH excluding ortho intramolecular Hbond substituents is 1. The van der Waals surface area contributed by atoms with E-state index in [0.29, 0.717) is 17.6 Å². The Morgan fingerprint density at radius 3 is 2.23 bits per heavy atom. The van der Waals surface area contributed by atoms with Crippen LogP contribution in [-0.2, 0) is 19.1 Å². The lowest BCUT2D eigenvalue weighted by molar-refractivity contribution is -0.137. The Morgan fingerprint density at radius 1 is 1.00 bits per heavy atom. The number of halogens is 4. The third-order valence-corrected chi connectivity index (χ3v) is 3.85. The van der Waals surface area contributed by atoms with Gasteiger partial charge in [-0.2, -0.15) is 13.2 Å². The topological polar surface area (TPSA) is 32.3 Å². The summed E-state index contributed by atoms with van der Waals surface area (Å²) in [7, 11) is 0. The van der Waals surface area contributed by atoms with E-state index in [4.69, 9.17) is 0 Å². The van der Waals surface area contributed by atoms with Gasteiger partial charge in [0, 0.05) is 6.54 Å². The zero-order valence-electron chi connectivity index (χ0n) is 11.6. The standard InChI is InChI=1S/C16H15BrF3NO/c17-14-9-11(3-6-15(14)22)7-8-21-10-12-1-4-13(5-2-12)16(18,19)20/h1-6,9,21-22H,7-8,10H2. The van der Waals surface area contributed by atoms with Crippen LogP contribution in [0.15, 0.2) is 46.9 Å². The van der Waals surface area contributed by atoms with Crippen molar-refractivity contribution in [2.75, 3.05) is 6.54 Å². The van der Waals surface area contributed by atoms with Gasteiger partial charge in [-0.3, -0.25) is 0 Å². The van der Waals surface area contributed by atoms with E-state index in [1.54, 1.807) is 6.07 Å². The number of hydrogen-bond acceptors (Lipinski definition) is 2. The second-order valence-electron chi connectivity index (χ2n) is 4.91. The summed E-state index contributed by atoms with van der Waals surface area (Å²) >= 11 is 3.25. The van der Waals surface area contributed by atoms with Gasteiger partial charge in [-0.1, -0.05) is 18.2 Å². The fourth-order valence-corrected chi connectivity index (χ4v) is 2.41. The summed E-state index contributed by atoms with van der Waals surface area (Å²) in [5, 5.41) is 12.6. The normalized spacial score (nSPS) is 11.6. The summed E-state index contributed by atoms with van der Waals surface area (Å²) < 4.78 is 38.0. The minimum atomic E-state index is -4.29. The SMILES string of the molecule is Oc1ccc(CCNCc2ccc(C(F)(F)F)cc2)cc1Br. The van der Waals surface area contributed by atoms with Crippen molar-refractivity contribution >= 4 is 15.9 Å². The molecule has 0 fully saturated rings. The molecule has 2 aromatic carbocycles. The fourth-order valence-electron chi connectivity index (χ4n) is 1.98. The lowest BCUT2D eigenvalue weighted by Crippen LogP contribution is -2.16. The van der Waals surface area contributed by atoms with Crippen LogP contribution in [0.25, 0.3) is 0 Å². The number of phenols is 1. The molecule has 2 N–H and O–H groups in total. The lowest BCUT2D eigenvalue weighted by Gasteiger charge is -2.09. The Bertz CT molecular complexity index is 626. The zero-order valence-corrected chi connectivity index (χ0v) is 13.2. The molecule has 2 nitrogen and oxygen atoms in total. The summed E-state index contributed by atoms with van der Waals surface area (Å²) in [6.45, 7) is 1.20. The van der Waals surface area contributed by atoms with Crippen LogP contribution in [0, 0.1) is 0 Å². The molecule has 0 saturated heterocycles. The van der Waals surface area contributed by atoms with Crippen molar-refractivity contribution in [1.82, 2.24) is 5.32 Å². The molecule has 2 rings (SSSR count). The van der Waals surface area contributed by atoms with E-state index >= 15 is 0 Å². The van der Waals surface area contributed by atoms with Crippen LogP contribution >= 0.6 is 15.9 Å². The largest absolute Gasteiger partial charge is 0.507 e. The van der Waals surface area contributed by atoms with Gasteiger partial charge in [0.25, 0.3) is 0 Å². The molecule has 0 aliphatic heterocycles. The highest BCUT2D eigenvalue weighted by molar-refractivity contribution is 9.10. The van der Waals surface area contributed by atoms with Crippen molar-refractivity contribution < 1.29 is 18.3 Å². The summed E-state index contributed by atoms with van der Waals surface area (Å²) in [6, 6.07) is 10.4. The van der Waals surface area contributed by atoms with Crippen LogP contribution in [0.2, 0.25) is 0 Å². The number of alkyl halides is 3. The van der Waals surface area contributed by atoms with Gasteiger partial charge >= 0.3 is 6.18 Å². The van der Waals surface area contributed by atoms with Gasteiger partial charge in [-0.15, -0.1) is 0 Å².